The SMILES string of the molecule is CCC1=CC(N)CC(c2ccncc2NC(=O)c2ccc(F)c(-c3c(F)cccc3OC)n2)C1. The minimum Gasteiger partial charge on any atom is -0.496 e. The molecule has 1 aromatic carbocycles. The van der Waals surface area contributed by atoms with Crippen LogP contribution in [0.15, 0.2) is 60.4 Å². The van der Waals surface area contributed by atoms with Gasteiger partial charge in [-0.3, -0.25) is 9.78 Å². The lowest BCUT2D eigenvalue weighted by atomic mass is 9.81. The molecule has 1 aliphatic carbocycles. The van der Waals surface area contributed by atoms with Crippen molar-refractivity contribution in [1.82, 2.24) is 9.97 Å². The highest BCUT2D eigenvalue weighted by molar-refractivity contribution is 6.03. The zero-order valence-electron chi connectivity index (χ0n) is 19.0. The van der Waals surface area contributed by atoms with Gasteiger partial charge in [0.2, 0.25) is 0 Å². The van der Waals surface area contributed by atoms with Gasteiger partial charge < -0.3 is 15.8 Å². The molecule has 0 saturated heterocycles. The molecule has 1 aliphatic rings. The molecule has 3 N–H and O–H groups in total. The second-order valence-corrected chi connectivity index (χ2v) is 8.24. The summed E-state index contributed by atoms with van der Waals surface area (Å²) in [6, 6.07) is 8.30. The summed E-state index contributed by atoms with van der Waals surface area (Å²) in [5.41, 5.74) is 8.46. The monoisotopic (exact) mass is 464 g/mol. The minimum atomic E-state index is -0.767. The first-order valence-electron chi connectivity index (χ1n) is 11.1. The number of ether oxygens (including phenoxy) is 1. The molecule has 8 heteroatoms. The maximum Gasteiger partial charge on any atom is 0.274 e. The first-order chi connectivity index (χ1) is 16.4. The Kier molecular flexibility index (Phi) is 6.98. The number of benzene rings is 1. The molecule has 3 aromatic rings. The van der Waals surface area contributed by atoms with Gasteiger partial charge >= 0.3 is 0 Å². The van der Waals surface area contributed by atoms with Gasteiger partial charge in [0.25, 0.3) is 5.91 Å². The highest BCUT2D eigenvalue weighted by Gasteiger charge is 2.25. The van der Waals surface area contributed by atoms with Crippen LogP contribution in [0.25, 0.3) is 11.3 Å². The van der Waals surface area contributed by atoms with Crippen LogP contribution in [0.2, 0.25) is 0 Å². The van der Waals surface area contributed by atoms with Crippen LogP contribution in [0.1, 0.15) is 48.2 Å². The Hall–Kier alpha value is -3.65. The first kappa shape index (κ1) is 23.5. The maximum atomic E-state index is 14.6. The normalized spacial score (nSPS) is 17.7. The van der Waals surface area contributed by atoms with Crippen molar-refractivity contribution in [1.29, 1.82) is 0 Å². The average Bonchev–Trinajstić information content (AvgIpc) is 2.84. The third-order valence-electron chi connectivity index (χ3n) is 6.02. The molecule has 176 valence electrons. The van der Waals surface area contributed by atoms with Crippen molar-refractivity contribution in [2.75, 3.05) is 12.4 Å². The summed E-state index contributed by atoms with van der Waals surface area (Å²) in [6.45, 7) is 2.10. The number of halogens is 2. The van der Waals surface area contributed by atoms with E-state index in [-0.39, 0.29) is 34.7 Å². The quantitative estimate of drug-likeness (QED) is 0.488. The zero-order chi connectivity index (χ0) is 24.2. The molecule has 0 radical (unpaired) electrons. The van der Waals surface area contributed by atoms with Crippen molar-refractivity contribution < 1.29 is 18.3 Å². The van der Waals surface area contributed by atoms with Crippen LogP contribution in [0.5, 0.6) is 5.75 Å². The molecule has 2 heterocycles. The molecule has 2 atom stereocenters. The van der Waals surface area contributed by atoms with Gasteiger partial charge in [-0.1, -0.05) is 24.6 Å². The molecule has 0 saturated carbocycles. The van der Waals surface area contributed by atoms with Crippen molar-refractivity contribution in [2.45, 2.75) is 38.1 Å². The van der Waals surface area contributed by atoms with E-state index in [2.05, 4.69) is 28.3 Å². The second kappa shape index (κ2) is 10.1. The third-order valence-corrected chi connectivity index (χ3v) is 6.02. The number of nitrogens with zero attached hydrogens (tertiary/aromatic N) is 2. The van der Waals surface area contributed by atoms with E-state index in [4.69, 9.17) is 10.5 Å². The Morgan fingerprint density at radius 2 is 2.03 bits per heavy atom. The van der Waals surface area contributed by atoms with Crippen molar-refractivity contribution in [3.8, 4) is 17.0 Å². The van der Waals surface area contributed by atoms with Gasteiger partial charge in [-0.15, -0.1) is 0 Å². The van der Waals surface area contributed by atoms with Gasteiger partial charge in [-0.25, -0.2) is 13.8 Å². The van der Waals surface area contributed by atoms with Crippen LogP contribution < -0.4 is 15.8 Å². The van der Waals surface area contributed by atoms with E-state index in [9.17, 15) is 13.6 Å². The Bertz CT molecular complexity index is 1250. The summed E-state index contributed by atoms with van der Waals surface area (Å²) < 4.78 is 34.3. The molecule has 2 unspecified atom stereocenters. The van der Waals surface area contributed by atoms with E-state index in [1.54, 1.807) is 12.4 Å². The lowest BCUT2D eigenvalue weighted by Crippen LogP contribution is -2.26. The Morgan fingerprint density at radius 1 is 1.21 bits per heavy atom. The van der Waals surface area contributed by atoms with Crippen LogP contribution in [0.4, 0.5) is 14.5 Å². The number of amides is 1. The first-order valence-corrected chi connectivity index (χ1v) is 11.1. The number of hydrogen-bond donors (Lipinski definition) is 2. The number of carbonyl (C=O) groups excluding carboxylic acids is 1. The summed E-state index contributed by atoms with van der Waals surface area (Å²) in [5, 5.41) is 2.84. The fourth-order valence-corrected chi connectivity index (χ4v) is 4.37. The summed E-state index contributed by atoms with van der Waals surface area (Å²) in [5.74, 6) is -1.78. The van der Waals surface area contributed by atoms with E-state index in [1.807, 2.05) is 6.07 Å². The molecule has 1 amide bonds. The summed E-state index contributed by atoms with van der Waals surface area (Å²) in [6.07, 6.45) is 7.88. The number of hydrogen-bond acceptors (Lipinski definition) is 5. The smallest absolute Gasteiger partial charge is 0.274 e. The van der Waals surface area contributed by atoms with Crippen LogP contribution in [0, 0.1) is 11.6 Å². The fraction of sp³-hybridized carbons (Fsp3) is 0.269. The number of anilines is 1. The van der Waals surface area contributed by atoms with Gasteiger partial charge in [0, 0.05) is 12.2 Å². The van der Waals surface area contributed by atoms with Gasteiger partial charge in [-0.2, -0.15) is 0 Å². The predicted molar refractivity (Wildman–Crippen MR) is 127 cm³/mol. The summed E-state index contributed by atoms with van der Waals surface area (Å²) >= 11 is 0. The van der Waals surface area contributed by atoms with Crippen molar-refractivity contribution >= 4 is 11.6 Å². The van der Waals surface area contributed by atoms with E-state index in [0.29, 0.717) is 5.69 Å². The van der Waals surface area contributed by atoms with Crippen molar-refractivity contribution in [2.24, 2.45) is 5.73 Å². The van der Waals surface area contributed by atoms with E-state index < -0.39 is 17.5 Å². The minimum absolute atomic E-state index is 0.0533. The van der Waals surface area contributed by atoms with E-state index in [0.717, 1.165) is 30.9 Å². The van der Waals surface area contributed by atoms with E-state index >= 15 is 0 Å². The lowest BCUT2D eigenvalue weighted by Gasteiger charge is -2.28. The highest BCUT2D eigenvalue weighted by Crippen LogP contribution is 2.37. The number of rotatable bonds is 6. The molecule has 0 bridgehead atoms. The molecule has 4 rings (SSSR count). The Morgan fingerprint density at radius 3 is 2.79 bits per heavy atom. The number of nitrogens with one attached hydrogen (secondary N) is 1. The largest absolute Gasteiger partial charge is 0.496 e. The van der Waals surface area contributed by atoms with Crippen LogP contribution >= 0.6 is 0 Å². The maximum absolute atomic E-state index is 14.6. The van der Waals surface area contributed by atoms with Crippen LogP contribution in [-0.4, -0.2) is 29.0 Å². The summed E-state index contributed by atoms with van der Waals surface area (Å²) in [4.78, 5) is 21.4. The Balaban J connectivity index is 1.65. The number of allylic oxidation sites excluding steroid dienone is 1. The molecule has 0 spiro atoms. The second-order valence-electron chi connectivity index (χ2n) is 8.24. The average molecular weight is 465 g/mol. The predicted octanol–water partition coefficient (Wildman–Crippen LogP) is 5.22. The number of carbonyl (C=O) groups is 1. The number of pyridine rings is 2. The van der Waals surface area contributed by atoms with Crippen molar-refractivity contribution in [3.05, 3.63) is 83.3 Å². The molecule has 6 nitrogen and oxygen atoms in total. The standard InChI is InChI=1S/C26H26F2N4O2/c1-3-15-11-16(13-17(29)12-15)18-9-10-30-14-22(18)32-26(33)21-8-7-20(28)25(31-21)24-19(27)5-4-6-23(24)34-2/h4-10,12,14,16-17H,3,11,13,29H2,1-2H3,(H,32,33). The van der Waals surface area contributed by atoms with Crippen LogP contribution in [-0.2, 0) is 0 Å². The topological polar surface area (TPSA) is 90.1 Å². The molecule has 0 fully saturated rings. The molecule has 0 aliphatic heterocycles. The zero-order valence-corrected chi connectivity index (χ0v) is 19.0. The van der Waals surface area contributed by atoms with Gasteiger partial charge in [0.1, 0.15) is 28.8 Å². The van der Waals surface area contributed by atoms with Gasteiger partial charge in [0.15, 0.2) is 0 Å². The Labute approximate surface area is 196 Å². The highest BCUT2D eigenvalue weighted by atomic mass is 19.1. The van der Waals surface area contributed by atoms with E-state index in [1.165, 1.54) is 36.9 Å². The number of nitrogens with two attached hydrogens (primary N) is 1. The number of aromatic nitrogens is 2. The molecular formula is C26H26F2N4O2. The van der Waals surface area contributed by atoms with Gasteiger partial charge in [0.05, 0.1) is 24.6 Å². The fourth-order valence-electron chi connectivity index (χ4n) is 4.37. The van der Waals surface area contributed by atoms with Crippen molar-refractivity contribution in [3.63, 3.8) is 0 Å². The third kappa shape index (κ3) is 4.82. The van der Waals surface area contributed by atoms with Crippen LogP contribution in [0.3, 0.4) is 0 Å². The molecular weight excluding hydrogens is 438 g/mol. The summed E-state index contributed by atoms with van der Waals surface area (Å²) in [7, 11) is 1.35. The lowest BCUT2D eigenvalue weighted by molar-refractivity contribution is 0.102. The molecule has 2 aromatic heterocycles. The molecule has 34 heavy (non-hydrogen) atoms. The number of methoxy groups -OCH3 is 1. The van der Waals surface area contributed by atoms with Gasteiger partial charge in [-0.05, 0) is 61.1 Å².